The van der Waals surface area contributed by atoms with Gasteiger partial charge in [-0.25, -0.2) is 0 Å². The molecule has 1 saturated heterocycles. The molecular formula is C20H35NO5. The monoisotopic (exact) mass is 369 g/mol. The van der Waals surface area contributed by atoms with Crippen molar-refractivity contribution >= 4 is 0 Å². The average Bonchev–Trinajstić information content (AvgIpc) is 2.84. The van der Waals surface area contributed by atoms with Crippen molar-refractivity contribution in [2.45, 2.75) is 74.8 Å². The van der Waals surface area contributed by atoms with Crippen molar-refractivity contribution in [2.24, 2.45) is 23.7 Å². The summed E-state index contributed by atoms with van der Waals surface area (Å²) in [5, 5.41) is 52.9. The molecule has 5 N–H and O–H groups in total. The molecule has 8 unspecified atom stereocenters. The maximum atomic E-state index is 11.4. The van der Waals surface area contributed by atoms with Crippen LogP contribution in [0.15, 0.2) is 0 Å². The molecule has 0 aromatic rings. The van der Waals surface area contributed by atoms with Crippen molar-refractivity contribution in [3.05, 3.63) is 0 Å². The Morgan fingerprint density at radius 2 is 1.58 bits per heavy atom. The van der Waals surface area contributed by atoms with Crippen LogP contribution < -0.4 is 0 Å². The molecule has 0 amide bonds. The van der Waals surface area contributed by atoms with Crippen LogP contribution in [0, 0.1) is 23.7 Å². The third kappa shape index (κ3) is 2.93. The molecule has 3 aliphatic carbocycles. The normalized spacial score (nSPS) is 52.5. The Kier molecular flexibility index (Phi) is 5.12. The van der Waals surface area contributed by atoms with Crippen LogP contribution >= 0.6 is 0 Å². The Bertz CT molecular complexity index is 512. The first-order valence-corrected chi connectivity index (χ1v) is 10.5. The molecule has 1 aliphatic heterocycles. The van der Waals surface area contributed by atoms with Gasteiger partial charge in [-0.15, -0.1) is 0 Å². The topological polar surface area (TPSA) is 104 Å². The summed E-state index contributed by atoms with van der Waals surface area (Å²) in [7, 11) is 0. The molecule has 4 rings (SSSR count). The van der Waals surface area contributed by atoms with Crippen LogP contribution in [0.2, 0.25) is 0 Å². The minimum absolute atomic E-state index is 0.0396. The van der Waals surface area contributed by atoms with Crippen LogP contribution in [-0.2, 0) is 0 Å². The van der Waals surface area contributed by atoms with Crippen molar-refractivity contribution in [1.29, 1.82) is 0 Å². The van der Waals surface area contributed by atoms with E-state index in [0.29, 0.717) is 6.42 Å². The van der Waals surface area contributed by atoms with Crippen molar-refractivity contribution in [3.8, 4) is 0 Å². The molecule has 26 heavy (non-hydrogen) atoms. The Morgan fingerprint density at radius 1 is 0.885 bits per heavy atom. The van der Waals surface area contributed by atoms with E-state index in [0.717, 1.165) is 32.5 Å². The first-order chi connectivity index (χ1) is 12.4. The molecule has 0 radical (unpaired) electrons. The second kappa shape index (κ2) is 6.98. The highest BCUT2D eigenvalue weighted by Gasteiger charge is 2.68. The highest BCUT2D eigenvalue weighted by Crippen LogP contribution is 2.61. The van der Waals surface area contributed by atoms with E-state index in [9.17, 15) is 25.5 Å². The van der Waals surface area contributed by atoms with E-state index in [2.05, 4.69) is 4.90 Å². The molecule has 8 atom stereocenters. The SMILES string of the molecule is OCC1CCC2C(CC3(O)CC(O)C(O)CC23O)C1CN1CCCCC1. The van der Waals surface area contributed by atoms with Crippen LogP contribution in [-0.4, -0.2) is 80.1 Å². The molecule has 3 saturated carbocycles. The van der Waals surface area contributed by atoms with Crippen LogP contribution in [0.5, 0.6) is 0 Å². The third-order valence-electron chi connectivity index (χ3n) is 8.18. The smallest absolute Gasteiger partial charge is 0.0990 e. The van der Waals surface area contributed by atoms with Gasteiger partial charge in [0.1, 0.15) is 0 Å². The van der Waals surface area contributed by atoms with Crippen molar-refractivity contribution in [3.63, 3.8) is 0 Å². The molecule has 0 spiro atoms. The minimum atomic E-state index is -1.33. The predicted molar refractivity (Wildman–Crippen MR) is 96.3 cm³/mol. The molecule has 1 heterocycles. The molecular weight excluding hydrogens is 334 g/mol. The number of nitrogens with zero attached hydrogens (tertiary/aromatic N) is 1. The number of aliphatic hydroxyl groups excluding tert-OH is 3. The maximum absolute atomic E-state index is 11.4. The van der Waals surface area contributed by atoms with E-state index in [1.54, 1.807) is 0 Å². The fraction of sp³-hybridized carbons (Fsp3) is 1.00. The van der Waals surface area contributed by atoms with E-state index in [1.807, 2.05) is 0 Å². The molecule has 0 aromatic heterocycles. The van der Waals surface area contributed by atoms with Crippen LogP contribution in [0.3, 0.4) is 0 Å². The van der Waals surface area contributed by atoms with Gasteiger partial charge in [-0.1, -0.05) is 6.42 Å². The van der Waals surface area contributed by atoms with Crippen molar-refractivity contribution < 1.29 is 25.5 Å². The second-order valence-corrected chi connectivity index (χ2v) is 9.52. The lowest BCUT2D eigenvalue weighted by molar-refractivity contribution is -0.222. The fourth-order valence-corrected chi connectivity index (χ4v) is 6.76. The van der Waals surface area contributed by atoms with Gasteiger partial charge in [-0.05, 0) is 68.9 Å². The summed E-state index contributed by atoms with van der Waals surface area (Å²) in [6.45, 7) is 3.27. The zero-order valence-corrected chi connectivity index (χ0v) is 15.6. The molecule has 0 bridgehead atoms. The number of rotatable bonds is 3. The summed E-state index contributed by atoms with van der Waals surface area (Å²) in [5.41, 5.74) is -2.65. The number of hydrogen-bond donors (Lipinski definition) is 5. The Labute approximate surface area is 155 Å². The number of hydrogen-bond acceptors (Lipinski definition) is 6. The highest BCUT2D eigenvalue weighted by atomic mass is 16.4. The molecule has 4 fully saturated rings. The maximum Gasteiger partial charge on any atom is 0.0990 e. The average molecular weight is 370 g/mol. The molecule has 6 heteroatoms. The van der Waals surface area contributed by atoms with E-state index in [4.69, 9.17) is 0 Å². The van der Waals surface area contributed by atoms with Gasteiger partial charge in [0.05, 0.1) is 23.4 Å². The number of fused-ring (bicyclic) bond motifs is 3. The van der Waals surface area contributed by atoms with Gasteiger partial charge < -0.3 is 30.4 Å². The van der Waals surface area contributed by atoms with Crippen LogP contribution in [0.1, 0.15) is 51.4 Å². The summed E-state index contributed by atoms with van der Waals surface area (Å²) in [6.07, 6.45) is 3.95. The quantitative estimate of drug-likeness (QED) is 0.484. The van der Waals surface area contributed by atoms with Gasteiger partial charge in [0.15, 0.2) is 0 Å². The number of piperidine rings is 1. The zero-order chi connectivity index (χ0) is 18.5. The van der Waals surface area contributed by atoms with Crippen molar-refractivity contribution in [1.82, 2.24) is 4.90 Å². The lowest BCUT2D eigenvalue weighted by Gasteiger charge is -2.50. The molecule has 0 aromatic carbocycles. The Morgan fingerprint density at radius 3 is 2.27 bits per heavy atom. The van der Waals surface area contributed by atoms with Gasteiger partial charge >= 0.3 is 0 Å². The summed E-state index contributed by atoms with van der Waals surface area (Å²) in [6, 6.07) is 0. The standard InChI is InChI=1S/C20H35NO5/c22-12-13-4-5-16-14(15(13)11-21-6-2-1-3-7-21)8-19(25)9-17(23)18(24)10-20(16,19)26/h13-18,22-26H,1-12H2. The Hall–Kier alpha value is -0.240. The third-order valence-corrected chi connectivity index (χ3v) is 8.18. The Balaban J connectivity index is 1.59. The first-order valence-electron chi connectivity index (χ1n) is 10.5. The summed E-state index contributed by atoms with van der Waals surface area (Å²) in [4.78, 5) is 2.49. The van der Waals surface area contributed by atoms with Gasteiger partial charge in [0, 0.05) is 26.0 Å². The van der Waals surface area contributed by atoms with Gasteiger partial charge in [-0.3, -0.25) is 0 Å². The minimum Gasteiger partial charge on any atom is -0.396 e. The van der Waals surface area contributed by atoms with Crippen LogP contribution in [0.25, 0.3) is 0 Å². The van der Waals surface area contributed by atoms with Gasteiger partial charge in [0.2, 0.25) is 0 Å². The van der Waals surface area contributed by atoms with Gasteiger partial charge in [-0.2, -0.15) is 0 Å². The predicted octanol–water partition coefficient (Wildman–Crippen LogP) is 0.105. The number of aliphatic hydroxyl groups is 5. The lowest BCUT2D eigenvalue weighted by atomic mass is 9.62. The lowest BCUT2D eigenvalue weighted by Crippen LogP contribution is -2.62. The van der Waals surface area contributed by atoms with E-state index >= 15 is 0 Å². The summed E-state index contributed by atoms with van der Waals surface area (Å²) in [5.74, 6) is 0.535. The molecule has 6 nitrogen and oxygen atoms in total. The summed E-state index contributed by atoms with van der Waals surface area (Å²) < 4.78 is 0. The molecule has 150 valence electrons. The highest BCUT2D eigenvalue weighted by molar-refractivity contribution is 5.19. The summed E-state index contributed by atoms with van der Waals surface area (Å²) >= 11 is 0. The second-order valence-electron chi connectivity index (χ2n) is 9.52. The largest absolute Gasteiger partial charge is 0.396 e. The first kappa shape index (κ1) is 19.1. The molecule has 4 aliphatic rings. The van der Waals surface area contributed by atoms with E-state index in [1.165, 1.54) is 19.3 Å². The fourth-order valence-electron chi connectivity index (χ4n) is 6.76. The number of likely N-dealkylation sites (tertiary alicyclic amines) is 1. The van der Waals surface area contributed by atoms with Crippen LogP contribution in [0.4, 0.5) is 0 Å². The zero-order valence-electron chi connectivity index (χ0n) is 15.6. The van der Waals surface area contributed by atoms with E-state index in [-0.39, 0.29) is 43.1 Å². The van der Waals surface area contributed by atoms with E-state index < -0.39 is 23.4 Å². The van der Waals surface area contributed by atoms with Gasteiger partial charge in [0.25, 0.3) is 0 Å². The van der Waals surface area contributed by atoms with Crippen molar-refractivity contribution in [2.75, 3.05) is 26.2 Å².